The van der Waals surface area contributed by atoms with Crippen LogP contribution in [-0.2, 0) is 4.84 Å². The molecule has 0 unspecified atom stereocenters. The van der Waals surface area contributed by atoms with E-state index in [0.717, 1.165) is 0 Å². The van der Waals surface area contributed by atoms with Gasteiger partial charge in [-0.1, -0.05) is 16.8 Å². The standard InChI is InChI=1S/C22H21ClN8O4/c1-12-9-13-11-26-29-19(13)17(22(33)25-7-8-27-35-3)18(12)28-21(32)15-10-16(34-2)30-31(15)20-14(23)5-4-6-24-20/h4-6,8-11H,7H2,1-3H3,(H,25,33)(H,26,29)(H,28,32)/b27-8+. The van der Waals surface area contributed by atoms with Crippen LogP contribution in [0.25, 0.3) is 16.7 Å². The molecule has 180 valence electrons. The van der Waals surface area contributed by atoms with Crippen molar-refractivity contribution in [1.82, 2.24) is 30.3 Å². The van der Waals surface area contributed by atoms with Gasteiger partial charge in [-0.2, -0.15) is 5.10 Å². The fraction of sp³-hybridized carbons (Fsp3) is 0.182. The second-order valence-corrected chi connectivity index (χ2v) is 7.61. The summed E-state index contributed by atoms with van der Waals surface area (Å²) >= 11 is 6.28. The van der Waals surface area contributed by atoms with Crippen molar-refractivity contribution < 1.29 is 19.2 Å². The second-order valence-electron chi connectivity index (χ2n) is 7.20. The van der Waals surface area contributed by atoms with E-state index in [1.165, 1.54) is 37.4 Å². The summed E-state index contributed by atoms with van der Waals surface area (Å²) in [5.74, 6) is -0.564. The Morgan fingerprint density at radius 1 is 1.29 bits per heavy atom. The van der Waals surface area contributed by atoms with Crippen molar-refractivity contribution in [3.05, 3.63) is 58.5 Å². The van der Waals surface area contributed by atoms with Crippen molar-refractivity contribution in [3.63, 3.8) is 0 Å². The summed E-state index contributed by atoms with van der Waals surface area (Å²) in [4.78, 5) is 35.4. The number of nitrogens with zero attached hydrogens (tertiary/aromatic N) is 5. The highest BCUT2D eigenvalue weighted by Crippen LogP contribution is 2.30. The third-order valence-corrected chi connectivity index (χ3v) is 5.30. The average Bonchev–Trinajstić information content (AvgIpc) is 3.49. The number of carbonyl (C=O) groups excluding carboxylic acids is 2. The largest absolute Gasteiger partial charge is 0.480 e. The van der Waals surface area contributed by atoms with Gasteiger partial charge in [-0.15, -0.1) is 5.10 Å². The first kappa shape index (κ1) is 23.7. The number of rotatable bonds is 8. The van der Waals surface area contributed by atoms with Crippen molar-refractivity contribution in [3.8, 4) is 11.7 Å². The summed E-state index contributed by atoms with van der Waals surface area (Å²) in [7, 11) is 2.83. The topological polar surface area (TPSA) is 148 Å². The number of aryl methyl sites for hydroxylation is 1. The van der Waals surface area contributed by atoms with E-state index in [1.54, 1.807) is 25.3 Å². The molecule has 3 N–H and O–H groups in total. The summed E-state index contributed by atoms with van der Waals surface area (Å²) in [5, 5.41) is 21.3. The number of carbonyl (C=O) groups is 2. The van der Waals surface area contributed by atoms with Gasteiger partial charge < -0.3 is 20.2 Å². The highest BCUT2D eigenvalue weighted by molar-refractivity contribution is 6.32. The Labute approximate surface area is 204 Å². The number of benzene rings is 1. The Bertz CT molecular complexity index is 1430. The molecule has 12 nitrogen and oxygen atoms in total. The van der Waals surface area contributed by atoms with Crippen molar-refractivity contribution in [2.45, 2.75) is 6.92 Å². The molecule has 1 aromatic carbocycles. The number of H-pyrrole nitrogens is 1. The number of aromatic amines is 1. The van der Waals surface area contributed by atoms with E-state index in [2.05, 4.69) is 40.9 Å². The highest BCUT2D eigenvalue weighted by Gasteiger charge is 2.24. The molecule has 0 radical (unpaired) electrons. The van der Waals surface area contributed by atoms with Crippen LogP contribution in [0.4, 0.5) is 5.69 Å². The van der Waals surface area contributed by atoms with Crippen LogP contribution >= 0.6 is 11.6 Å². The molecular formula is C22H21ClN8O4. The van der Waals surface area contributed by atoms with Crippen LogP contribution in [0, 0.1) is 6.92 Å². The van der Waals surface area contributed by atoms with Gasteiger partial charge in [0, 0.05) is 17.6 Å². The molecule has 0 aliphatic carbocycles. The van der Waals surface area contributed by atoms with Crippen LogP contribution in [0.5, 0.6) is 5.88 Å². The SMILES string of the molecule is CO/N=C/CNC(=O)c1c(NC(=O)c2cc(OC)nn2-c2ncccc2Cl)c(C)cc2cn[nH]c12. The number of anilines is 1. The fourth-order valence-corrected chi connectivity index (χ4v) is 3.65. The average molecular weight is 497 g/mol. The second kappa shape index (κ2) is 10.2. The van der Waals surface area contributed by atoms with E-state index in [9.17, 15) is 9.59 Å². The molecule has 35 heavy (non-hydrogen) atoms. The quantitative estimate of drug-likeness (QED) is 0.251. The summed E-state index contributed by atoms with van der Waals surface area (Å²) in [6, 6.07) is 6.55. The van der Waals surface area contributed by atoms with E-state index in [0.29, 0.717) is 27.2 Å². The molecule has 0 atom stereocenters. The summed E-state index contributed by atoms with van der Waals surface area (Å²) in [5.41, 5.74) is 1.73. The Kier molecular flexibility index (Phi) is 6.92. The number of nitrogens with one attached hydrogen (secondary N) is 3. The monoisotopic (exact) mass is 496 g/mol. The lowest BCUT2D eigenvalue weighted by molar-refractivity contribution is 0.0961. The molecular weight excluding hydrogens is 476 g/mol. The van der Waals surface area contributed by atoms with Gasteiger partial charge >= 0.3 is 0 Å². The molecule has 0 spiro atoms. The van der Waals surface area contributed by atoms with Crippen molar-refractivity contribution >= 4 is 46.2 Å². The molecule has 4 aromatic rings. The maximum absolute atomic E-state index is 13.5. The number of amides is 2. The normalized spacial score (nSPS) is 11.1. The molecule has 0 aliphatic heterocycles. The van der Waals surface area contributed by atoms with Gasteiger partial charge in [0.1, 0.15) is 12.8 Å². The first-order chi connectivity index (χ1) is 16.9. The number of fused-ring (bicyclic) bond motifs is 1. The minimum atomic E-state index is -0.556. The van der Waals surface area contributed by atoms with Crippen LogP contribution in [0.2, 0.25) is 5.02 Å². The third kappa shape index (κ3) is 4.77. The summed E-state index contributed by atoms with van der Waals surface area (Å²) in [6.45, 7) is 1.89. The van der Waals surface area contributed by atoms with Gasteiger partial charge in [-0.05, 0) is 30.7 Å². The number of pyridine rings is 1. The van der Waals surface area contributed by atoms with Gasteiger partial charge in [0.15, 0.2) is 5.82 Å². The molecule has 13 heteroatoms. The van der Waals surface area contributed by atoms with Crippen LogP contribution < -0.4 is 15.4 Å². The smallest absolute Gasteiger partial charge is 0.274 e. The van der Waals surface area contributed by atoms with E-state index in [-0.39, 0.29) is 29.5 Å². The van der Waals surface area contributed by atoms with Gasteiger partial charge in [0.2, 0.25) is 5.88 Å². The van der Waals surface area contributed by atoms with Crippen LogP contribution in [0.1, 0.15) is 26.4 Å². The predicted octanol–water partition coefficient (Wildman–Crippen LogP) is 2.73. The molecule has 0 aliphatic rings. The minimum absolute atomic E-state index is 0.102. The van der Waals surface area contributed by atoms with Gasteiger partial charge in [0.05, 0.1) is 47.9 Å². The van der Waals surface area contributed by atoms with Crippen molar-refractivity contribution in [2.75, 3.05) is 26.1 Å². The number of ether oxygens (including phenoxy) is 1. The van der Waals surface area contributed by atoms with E-state index >= 15 is 0 Å². The van der Waals surface area contributed by atoms with Crippen LogP contribution in [0.3, 0.4) is 0 Å². The van der Waals surface area contributed by atoms with Gasteiger partial charge in [-0.25, -0.2) is 9.67 Å². The summed E-state index contributed by atoms with van der Waals surface area (Å²) < 4.78 is 6.49. The van der Waals surface area contributed by atoms with Gasteiger partial charge in [0.25, 0.3) is 11.8 Å². The van der Waals surface area contributed by atoms with E-state index in [1.807, 2.05) is 6.07 Å². The zero-order chi connectivity index (χ0) is 24.9. The maximum Gasteiger partial charge on any atom is 0.274 e. The Balaban J connectivity index is 1.75. The first-order valence-electron chi connectivity index (χ1n) is 10.3. The molecule has 4 rings (SSSR count). The zero-order valence-corrected chi connectivity index (χ0v) is 19.8. The molecule has 0 saturated carbocycles. The first-order valence-corrected chi connectivity index (χ1v) is 10.7. The molecule has 2 amide bonds. The van der Waals surface area contributed by atoms with Crippen LogP contribution in [-0.4, -0.2) is 63.8 Å². The Hall–Kier alpha value is -4.45. The Morgan fingerprint density at radius 3 is 2.86 bits per heavy atom. The number of hydrogen-bond acceptors (Lipinski definition) is 8. The highest BCUT2D eigenvalue weighted by atomic mass is 35.5. The molecule has 0 bridgehead atoms. The zero-order valence-electron chi connectivity index (χ0n) is 19.0. The number of methoxy groups -OCH3 is 1. The van der Waals surface area contributed by atoms with Gasteiger partial charge in [-0.3, -0.25) is 14.7 Å². The lowest BCUT2D eigenvalue weighted by Crippen LogP contribution is -2.28. The van der Waals surface area contributed by atoms with Crippen LogP contribution in [0.15, 0.2) is 41.8 Å². The Morgan fingerprint density at radius 2 is 2.11 bits per heavy atom. The predicted molar refractivity (Wildman–Crippen MR) is 130 cm³/mol. The fourth-order valence-electron chi connectivity index (χ4n) is 3.45. The molecule has 3 aromatic heterocycles. The minimum Gasteiger partial charge on any atom is -0.480 e. The lowest BCUT2D eigenvalue weighted by Gasteiger charge is -2.15. The summed E-state index contributed by atoms with van der Waals surface area (Å²) in [6.07, 6.45) is 4.53. The molecule has 0 saturated heterocycles. The van der Waals surface area contributed by atoms with Crippen molar-refractivity contribution in [2.24, 2.45) is 5.16 Å². The lowest BCUT2D eigenvalue weighted by atomic mass is 10.0. The molecule has 3 heterocycles. The van der Waals surface area contributed by atoms with E-state index in [4.69, 9.17) is 16.3 Å². The maximum atomic E-state index is 13.5. The van der Waals surface area contributed by atoms with E-state index < -0.39 is 11.8 Å². The number of oxime groups is 1. The number of aromatic nitrogens is 5. The number of hydrogen-bond donors (Lipinski definition) is 3. The number of halogens is 1. The van der Waals surface area contributed by atoms with Crippen molar-refractivity contribution in [1.29, 1.82) is 0 Å². The third-order valence-electron chi connectivity index (χ3n) is 5.00. The molecule has 0 fully saturated rings.